The molecule has 1 heterocycles. The van der Waals surface area contributed by atoms with Gasteiger partial charge in [-0.25, -0.2) is 9.78 Å². The smallest absolute Gasteiger partial charge is 0.337 e. The lowest BCUT2D eigenvalue weighted by Gasteiger charge is -2.17. The Morgan fingerprint density at radius 3 is 2.44 bits per heavy atom. The minimum atomic E-state index is -0.584. The molecule has 0 radical (unpaired) electrons. The fourth-order valence-corrected chi connectivity index (χ4v) is 4.34. The standard InChI is InChI=1S/C25H20ClN3O4S/c1-15(22(30)27-18-11-9-17(26)10-12-18)34-25-28-21-14-16(24(32)33-2)8-13-20(21)23(31)29(25)19-6-4-3-5-7-19/h3-15H,1-2H3,(H,27,30). The van der Waals surface area contributed by atoms with E-state index >= 15 is 0 Å². The molecule has 34 heavy (non-hydrogen) atoms. The van der Waals surface area contributed by atoms with E-state index < -0.39 is 11.2 Å². The molecule has 0 aliphatic carbocycles. The second-order valence-corrected chi connectivity index (χ2v) is 9.09. The summed E-state index contributed by atoms with van der Waals surface area (Å²) >= 11 is 7.05. The zero-order valence-electron chi connectivity index (χ0n) is 18.3. The van der Waals surface area contributed by atoms with Crippen molar-refractivity contribution in [1.29, 1.82) is 0 Å². The van der Waals surface area contributed by atoms with E-state index in [1.54, 1.807) is 49.4 Å². The number of methoxy groups -OCH3 is 1. The Morgan fingerprint density at radius 1 is 1.06 bits per heavy atom. The summed E-state index contributed by atoms with van der Waals surface area (Å²) in [4.78, 5) is 42.9. The third kappa shape index (κ3) is 4.98. The summed E-state index contributed by atoms with van der Waals surface area (Å²) in [5, 5.41) is 3.49. The molecule has 7 nitrogen and oxygen atoms in total. The molecular weight excluding hydrogens is 474 g/mol. The molecule has 0 aliphatic rings. The van der Waals surface area contributed by atoms with Crippen molar-refractivity contribution in [3.05, 3.63) is 93.7 Å². The molecule has 0 saturated heterocycles. The average Bonchev–Trinajstić information content (AvgIpc) is 2.85. The first-order valence-corrected chi connectivity index (χ1v) is 11.6. The molecule has 1 atom stereocenters. The Kier molecular flexibility index (Phi) is 7.00. The number of rotatable bonds is 6. The highest BCUT2D eigenvalue weighted by atomic mass is 35.5. The van der Waals surface area contributed by atoms with E-state index in [0.717, 1.165) is 11.8 Å². The number of hydrogen-bond donors (Lipinski definition) is 1. The highest BCUT2D eigenvalue weighted by molar-refractivity contribution is 8.00. The van der Waals surface area contributed by atoms with Crippen LogP contribution in [0.3, 0.4) is 0 Å². The minimum absolute atomic E-state index is 0.260. The Labute approximate surface area is 204 Å². The second kappa shape index (κ2) is 10.1. The number of carbonyl (C=O) groups is 2. The van der Waals surface area contributed by atoms with Crippen LogP contribution < -0.4 is 10.9 Å². The maximum atomic E-state index is 13.5. The number of thioether (sulfide) groups is 1. The van der Waals surface area contributed by atoms with Gasteiger partial charge in [0.1, 0.15) is 0 Å². The molecule has 1 N–H and O–H groups in total. The number of carbonyl (C=O) groups excluding carboxylic acids is 2. The van der Waals surface area contributed by atoms with Crippen molar-refractivity contribution < 1.29 is 14.3 Å². The third-order valence-electron chi connectivity index (χ3n) is 5.04. The number of nitrogens with zero attached hydrogens (tertiary/aromatic N) is 2. The zero-order chi connectivity index (χ0) is 24.2. The molecular formula is C25H20ClN3O4S. The first kappa shape index (κ1) is 23.5. The molecule has 9 heteroatoms. The van der Waals surface area contributed by atoms with Gasteiger partial charge in [-0.05, 0) is 61.5 Å². The van der Waals surface area contributed by atoms with Gasteiger partial charge in [-0.2, -0.15) is 0 Å². The van der Waals surface area contributed by atoms with Gasteiger partial charge in [-0.3, -0.25) is 14.2 Å². The van der Waals surface area contributed by atoms with Gasteiger partial charge in [0, 0.05) is 10.7 Å². The lowest BCUT2D eigenvalue weighted by molar-refractivity contribution is -0.115. The van der Waals surface area contributed by atoms with Crippen LogP contribution in [0.1, 0.15) is 17.3 Å². The van der Waals surface area contributed by atoms with Crippen LogP contribution in [0.2, 0.25) is 5.02 Å². The quantitative estimate of drug-likeness (QED) is 0.232. The Bertz CT molecular complexity index is 1420. The Balaban J connectivity index is 1.75. The Hall–Kier alpha value is -3.62. The highest BCUT2D eigenvalue weighted by Gasteiger charge is 2.21. The van der Waals surface area contributed by atoms with E-state index in [-0.39, 0.29) is 17.0 Å². The molecule has 1 amide bonds. The highest BCUT2D eigenvalue weighted by Crippen LogP contribution is 2.26. The number of esters is 1. The maximum absolute atomic E-state index is 13.5. The van der Waals surface area contributed by atoms with E-state index in [1.165, 1.54) is 23.8 Å². The molecule has 0 fully saturated rings. The number of anilines is 1. The summed E-state index contributed by atoms with van der Waals surface area (Å²) in [6.45, 7) is 1.73. The molecule has 0 bridgehead atoms. The number of aromatic nitrogens is 2. The van der Waals surface area contributed by atoms with Gasteiger partial charge in [0.2, 0.25) is 5.91 Å². The minimum Gasteiger partial charge on any atom is -0.465 e. The number of nitrogens with one attached hydrogen (secondary N) is 1. The van der Waals surface area contributed by atoms with Crippen molar-refractivity contribution in [3.8, 4) is 5.69 Å². The molecule has 4 rings (SSSR count). The number of fused-ring (bicyclic) bond motifs is 1. The summed E-state index contributed by atoms with van der Waals surface area (Å²) < 4.78 is 6.25. The summed E-state index contributed by atoms with van der Waals surface area (Å²) in [6.07, 6.45) is 0. The molecule has 0 aliphatic heterocycles. The average molecular weight is 494 g/mol. The first-order chi connectivity index (χ1) is 16.4. The lowest BCUT2D eigenvalue weighted by Crippen LogP contribution is -2.26. The normalized spacial score (nSPS) is 11.7. The van der Waals surface area contributed by atoms with E-state index in [4.69, 9.17) is 16.3 Å². The van der Waals surface area contributed by atoms with Crippen molar-refractivity contribution in [2.75, 3.05) is 12.4 Å². The molecule has 1 unspecified atom stereocenters. The van der Waals surface area contributed by atoms with Crippen LogP contribution in [0.4, 0.5) is 5.69 Å². The summed E-state index contributed by atoms with van der Waals surface area (Å²) in [5.74, 6) is -0.787. The van der Waals surface area contributed by atoms with Crippen molar-refractivity contribution in [1.82, 2.24) is 9.55 Å². The van der Waals surface area contributed by atoms with E-state index in [9.17, 15) is 14.4 Å². The van der Waals surface area contributed by atoms with Crippen LogP contribution in [-0.2, 0) is 9.53 Å². The van der Waals surface area contributed by atoms with E-state index in [1.807, 2.05) is 18.2 Å². The molecule has 3 aromatic carbocycles. The lowest BCUT2D eigenvalue weighted by atomic mass is 10.1. The number of amides is 1. The number of hydrogen-bond acceptors (Lipinski definition) is 6. The van der Waals surface area contributed by atoms with Crippen molar-refractivity contribution in [2.45, 2.75) is 17.3 Å². The van der Waals surface area contributed by atoms with Crippen LogP contribution >= 0.6 is 23.4 Å². The van der Waals surface area contributed by atoms with Crippen LogP contribution in [0, 0.1) is 0 Å². The van der Waals surface area contributed by atoms with Gasteiger partial charge < -0.3 is 10.1 Å². The molecule has 0 saturated carbocycles. The van der Waals surface area contributed by atoms with Crippen LogP contribution in [0.25, 0.3) is 16.6 Å². The molecule has 1 aromatic heterocycles. The summed E-state index contributed by atoms with van der Waals surface area (Å²) in [7, 11) is 1.29. The van der Waals surface area contributed by atoms with Gasteiger partial charge in [-0.15, -0.1) is 0 Å². The van der Waals surface area contributed by atoms with Crippen molar-refractivity contribution in [3.63, 3.8) is 0 Å². The largest absolute Gasteiger partial charge is 0.465 e. The number of ether oxygens (including phenoxy) is 1. The SMILES string of the molecule is COC(=O)c1ccc2c(=O)n(-c3ccccc3)c(SC(C)C(=O)Nc3ccc(Cl)cc3)nc2c1. The number of para-hydroxylation sites is 1. The van der Waals surface area contributed by atoms with E-state index in [2.05, 4.69) is 10.3 Å². The van der Waals surface area contributed by atoms with Crippen LogP contribution in [-0.4, -0.2) is 33.8 Å². The van der Waals surface area contributed by atoms with Crippen molar-refractivity contribution >= 4 is 51.8 Å². The van der Waals surface area contributed by atoms with Gasteiger partial charge in [-0.1, -0.05) is 41.6 Å². The van der Waals surface area contributed by atoms with Crippen molar-refractivity contribution in [2.24, 2.45) is 0 Å². The Morgan fingerprint density at radius 2 is 1.76 bits per heavy atom. The van der Waals surface area contributed by atoms with E-state index in [0.29, 0.717) is 32.5 Å². The fourth-order valence-electron chi connectivity index (χ4n) is 3.28. The van der Waals surface area contributed by atoms with Gasteiger partial charge in [0.25, 0.3) is 5.56 Å². The zero-order valence-corrected chi connectivity index (χ0v) is 19.9. The monoisotopic (exact) mass is 493 g/mol. The number of halogens is 1. The predicted octanol–water partition coefficient (Wildman–Crippen LogP) is 4.95. The fraction of sp³-hybridized carbons (Fsp3) is 0.120. The number of benzene rings is 3. The molecule has 0 spiro atoms. The van der Waals surface area contributed by atoms with Gasteiger partial charge >= 0.3 is 5.97 Å². The first-order valence-electron chi connectivity index (χ1n) is 10.3. The van der Waals surface area contributed by atoms with Crippen LogP contribution in [0.15, 0.2) is 82.7 Å². The molecule has 4 aromatic rings. The van der Waals surface area contributed by atoms with Gasteiger partial charge in [0.15, 0.2) is 5.16 Å². The van der Waals surface area contributed by atoms with Crippen LogP contribution in [0.5, 0.6) is 0 Å². The summed E-state index contributed by atoms with van der Waals surface area (Å²) in [5.41, 5.74) is 1.54. The predicted molar refractivity (Wildman–Crippen MR) is 134 cm³/mol. The third-order valence-corrected chi connectivity index (χ3v) is 6.34. The maximum Gasteiger partial charge on any atom is 0.337 e. The molecule has 172 valence electrons. The topological polar surface area (TPSA) is 90.3 Å². The summed E-state index contributed by atoms with van der Waals surface area (Å²) in [6, 6.07) is 20.5. The van der Waals surface area contributed by atoms with Gasteiger partial charge in [0.05, 0.1) is 34.5 Å². The second-order valence-electron chi connectivity index (χ2n) is 7.35.